The zero-order valence-electron chi connectivity index (χ0n) is 15.5. The number of amides is 1. The highest BCUT2D eigenvalue weighted by Crippen LogP contribution is 2.30. The zero-order chi connectivity index (χ0) is 19.3. The quantitative estimate of drug-likeness (QED) is 0.398. The van der Waals surface area contributed by atoms with Gasteiger partial charge < -0.3 is 9.80 Å². The van der Waals surface area contributed by atoms with Crippen molar-refractivity contribution in [3.05, 3.63) is 53.6 Å². The smallest absolute Gasteiger partial charge is 0.222 e. The third-order valence-corrected chi connectivity index (χ3v) is 7.45. The standard InChI is InChI=1S/C21H22ClN3OS2/c22-16-6-1-3-8-18(16)24-11-13-25(14-12-24)20(26)10-5-15-27-21-23-17-7-2-4-9-19(17)28-21/h1-4,6-9H,5,10-15H2. The Kier molecular flexibility index (Phi) is 6.40. The van der Waals surface area contributed by atoms with Crippen LogP contribution in [0.2, 0.25) is 5.02 Å². The molecule has 1 amide bonds. The maximum absolute atomic E-state index is 12.5. The number of nitrogens with zero attached hydrogens (tertiary/aromatic N) is 3. The molecule has 0 saturated carbocycles. The molecule has 146 valence electrons. The number of thiazole rings is 1. The van der Waals surface area contributed by atoms with Crippen molar-refractivity contribution in [3.63, 3.8) is 0 Å². The number of rotatable bonds is 6. The van der Waals surface area contributed by atoms with E-state index in [1.165, 1.54) is 4.70 Å². The molecule has 4 nitrogen and oxygen atoms in total. The normalized spacial score (nSPS) is 14.6. The van der Waals surface area contributed by atoms with Gasteiger partial charge in [-0.2, -0.15) is 0 Å². The molecular weight excluding hydrogens is 410 g/mol. The van der Waals surface area contributed by atoms with E-state index in [0.29, 0.717) is 6.42 Å². The van der Waals surface area contributed by atoms with E-state index in [0.717, 1.165) is 58.9 Å². The molecule has 7 heteroatoms. The number of carbonyl (C=O) groups is 1. The minimum atomic E-state index is 0.253. The van der Waals surface area contributed by atoms with Crippen molar-refractivity contribution in [1.82, 2.24) is 9.88 Å². The Morgan fingerprint density at radius 1 is 1.07 bits per heavy atom. The molecule has 0 spiro atoms. The van der Waals surface area contributed by atoms with Crippen LogP contribution in [0, 0.1) is 0 Å². The van der Waals surface area contributed by atoms with Crippen molar-refractivity contribution < 1.29 is 4.79 Å². The van der Waals surface area contributed by atoms with E-state index >= 15 is 0 Å². The van der Waals surface area contributed by atoms with Gasteiger partial charge in [0.1, 0.15) is 0 Å². The number of para-hydroxylation sites is 2. The van der Waals surface area contributed by atoms with Gasteiger partial charge in [0.25, 0.3) is 0 Å². The van der Waals surface area contributed by atoms with Crippen molar-refractivity contribution in [1.29, 1.82) is 0 Å². The fourth-order valence-electron chi connectivity index (χ4n) is 3.36. The summed E-state index contributed by atoms with van der Waals surface area (Å²) in [6.07, 6.45) is 1.48. The number of fused-ring (bicyclic) bond motifs is 1. The molecule has 0 radical (unpaired) electrons. The summed E-state index contributed by atoms with van der Waals surface area (Å²) in [5.74, 6) is 1.18. The van der Waals surface area contributed by atoms with Gasteiger partial charge in [-0.05, 0) is 30.7 Å². The molecule has 1 aliphatic heterocycles. The summed E-state index contributed by atoms with van der Waals surface area (Å²) < 4.78 is 2.31. The van der Waals surface area contributed by atoms with E-state index in [-0.39, 0.29) is 5.91 Å². The van der Waals surface area contributed by atoms with Gasteiger partial charge in [0.15, 0.2) is 4.34 Å². The molecule has 1 aromatic heterocycles. The van der Waals surface area contributed by atoms with Gasteiger partial charge in [0.05, 0.1) is 20.9 Å². The summed E-state index contributed by atoms with van der Waals surface area (Å²) in [7, 11) is 0. The number of thioether (sulfide) groups is 1. The van der Waals surface area contributed by atoms with Crippen LogP contribution in [-0.4, -0.2) is 47.7 Å². The van der Waals surface area contributed by atoms with Crippen LogP contribution in [0.15, 0.2) is 52.9 Å². The highest BCUT2D eigenvalue weighted by atomic mass is 35.5. The number of halogens is 1. The van der Waals surface area contributed by atoms with Crippen molar-refractivity contribution in [3.8, 4) is 0 Å². The molecule has 2 aromatic carbocycles. The van der Waals surface area contributed by atoms with Gasteiger partial charge in [-0.25, -0.2) is 4.98 Å². The van der Waals surface area contributed by atoms with Gasteiger partial charge in [0.2, 0.25) is 5.91 Å². The predicted octanol–water partition coefficient (Wildman–Crippen LogP) is 5.17. The third kappa shape index (κ3) is 4.62. The van der Waals surface area contributed by atoms with Crippen molar-refractivity contribution in [2.75, 3.05) is 36.8 Å². The van der Waals surface area contributed by atoms with Gasteiger partial charge in [-0.1, -0.05) is 47.6 Å². The lowest BCUT2D eigenvalue weighted by atomic mass is 10.2. The highest BCUT2D eigenvalue weighted by molar-refractivity contribution is 8.01. The highest BCUT2D eigenvalue weighted by Gasteiger charge is 2.21. The fourth-order valence-corrected chi connectivity index (χ4v) is 5.69. The van der Waals surface area contributed by atoms with Crippen LogP contribution in [0.4, 0.5) is 5.69 Å². The fraction of sp³-hybridized carbons (Fsp3) is 0.333. The van der Waals surface area contributed by atoms with Crippen molar-refractivity contribution in [2.45, 2.75) is 17.2 Å². The number of hydrogen-bond donors (Lipinski definition) is 0. The third-order valence-electron chi connectivity index (χ3n) is 4.86. The Labute approximate surface area is 178 Å². The first kappa shape index (κ1) is 19.6. The Balaban J connectivity index is 1.20. The number of aromatic nitrogens is 1. The Bertz CT molecular complexity index is 920. The van der Waals surface area contributed by atoms with Crippen LogP contribution >= 0.6 is 34.7 Å². The van der Waals surface area contributed by atoms with Crippen molar-refractivity contribution >= 4 is 56.5 Å². The maximum atomic E-state index is 12.5. The predicted molar refractivity (Wildman–Crippen MR) is 120 cm³/mol. The molecule has 1 saturated heterocycles. The first-order valence-corrected chi connectivity index (χ1v) is 11.6. The van der Waals surface area contributed by atoms with Crippen LogP contribution in [-0.2, 0) is 4.79 Å². The maximum Gasteiger partial charge on any atom is 0.222 e. The summed E-state index contributed by atoms with van der Waals surface area (Å²) in [4.78, 5) is 21.4. The average Bonchev–Trinajstić information content (AvgIpc) is 3.14. The van der Waals surface area contributed by atoms with E-state index < -0.39 is 0 Å². The summed E-state index contributed by atoms with van der Waals surface area (Å²) in [5, 5.41) is 0.772. The second kappa shape index (κ2) is 9.16. The lowest BCUT2D eigenvalue weighted by molar-refractivity contribution is -0.131. The van der Waals surface area contributed by atoms with E-state index in [2.05, 4.69) is 16.0 Å². The van der Waals surface area contributed by atoms with Crippen LogP contribution in [0.25, 0.3) is 10.2 Å². The molecule has 4 rings (SSSR count). The van der Waals surface area contributed by atoms with Gasteiger partial charge in [0, 0.05) is 38.4 Å². The van der Waals surface area contributed by atoms with Gasteiger partial charge in [-0.3, -0.25) is 4.79 Å². The summed E-state index contributed by atoms with van der Waals surface area (Å²) in [5.41, 5.74) is 2.12. The molecule has 0 unspecified atom stereocenters. The van der Waals surface area contributed by atoms with E-state index in [9.17, 15) is 4.79 Å². The molecular formula is C21H22ClN3OS2. The molecule has 0 N–H and O–H groups in total. The lowest BCUT2D eigenvalue weighted by Crippen LogP contribution is -2.48. The second-order valence-corrected chi connectivity index (χ2v) is 9.50. The topological polar surface area (TPSA) is 36.4 Å². The molecule has 0 bridgehead atoms. The average molecular weight is 432 g/mol. The first-order valence-electron chi connectivity index (χ1n) is 9.46. The van der Waals surface area contributed by atoms with Gasteiger partial charge in [-0.15, -0.1) is 11.3 Å². The van der Waals surface area contributed by atoms with Crippen LogP contribution < -0.4 is 4.90 Å². The van der Waals surface area contributed by atoms with E-state index in [4.69, 9.17) is 11.6 Å². The Hall–Kier alpha value is -1.76. The molecule has 0 atom stereocenters. The summed E-state index contributed by atoms with van der Waals surface area (Å²) in [6.45, 7) is 3.18. The Morgan fingerprint density at radius 2 is 1.82 bits per heavy atom. The molecule has 2 heterocycles. The van der Waals surface area contributed by atoms with Crippen molar-refractivity contribution in [2.24, 2.45) is 0 Å². The second-order valence-electron chi connectivity index (χ2n) is 6.72. The largest absolute Gasteiger partial charge is 0.367 e. The van der Waals surface area contributed by atoms with Crippen LogP contribution in [0.3, 0.4) is 0 Å². The summed E-state index contributed by atoms with van der Waals surface area (Å²) in [6, 6.07) is 16.1. The molecule has 28 heavy (non-hydrogen) atoms. The van der Waals surface area contributed by atoms with Gasteiger partial charge >= 0.3 is 0 Å². The SMILES string of the molecule is O=C(CCCSc1nc2ccccc2s1)N1CCN(c2ccccc2Cl)CC1. The minimum absolute atomic E-state index is 0.253. The lowest BCUT2D eigenvalue weighted by Gasteiger charge is -2.36. The number of piperazine rings is 1. The molecule has 1 fully saturated rings. The zero-order valence-corrected chi connectivity index (χ0v) is 17.9. The van der Waals surface area contributed by atoms with E-state index in [1.807, 2.05) is 47.4 Å². The monoisotopic (exact) mass is 431 g/mol. The summed E-state index contributed by atoms with van der Waals surface area (Å²) >= 11 is 9.76. The first-order chi connectivity index (χ1) is 13.7. The van der Waals surface area contributed by atoms with Crippen LogP contribution in [0.1, 0.15) is 12.8 Å². The number of carbonyl (C=O) groups excluding carboxylic acids is 1. The molecule has 0 aliphatic carbocycles. The number of anilines is 1. The number of hydrogen-bond acceptors (Lipinski definition) is 5. The number of benzene rings is 2. The van der Waals surface area contributed by atoms with Crippen LogP contribution in [0.5, 0.6) is 0 Å². The minimum Gasteiger partial charge on any atom is -0.367 e. The Morgan fingerprint density at radius 3 is 2.61 bits per heavy atom. The molecule has 3 aromatic rings. The van der Waals surface area contributed by atoms with E-state index in [1.54, 1.807) is 23.1 Å². The molecule has 1 aliphatic rings.